The van der Waals surface area contributed by atoms with E-state index >= 15 is 0 Å². The van der Waals surface area contributed by atoms with Crippen LogP contribution in [0.5, 0.6) is 5.75 Å². The number of amides is 2. The zero-order valence-corrected chi connectivity index (χ0v) is 21.3. The van der Waals surface area contributed by atoms with Crippen molar-refractivity contribution in [2.75, 3.05) is 6.61 Å². The highest BCUT2D eigenvalue weighted by atomic mass is 19.1. The lowest BCUT2D eigenvalue weighted by Gasteiger charge is -2.36. The lowest BCUT2D eigenvalue weighted by molar-refractivity contribution is -0.143. The van der Waals surface area contributed by atoms with Crippen LogP contribution >= 0.6 is 0 Å². The smallest absolute Gasteiger partial charge is 0.234 e. The summed E-state index contributed by atoms with van der Waals surface area (Å²) in [6, 6.07) is 4.15. The summed E-state index contributed by atoms with van der Waals surface area (Å²) in [4.78, 5) is 28.4. The number of hydrogen-bond donors (Lipinski definition) is 3. The predicted octanol–water partition coefficient (Wildman–Crippen LogP) is 4.73. The van der Waals surface area contributed by atoms with Crippen molar-refractivity contribution in [2.45, 2.75) is 83.8 Å². The number of halogens is 1. The highest BCUT2D eigenvalue weighted by molar-refractivity contribution is 6.06. The average Bonchev–Trinajstić information content (AvgIpc) is 3.13. The Kier molecular flexibility index (Phi) is 8.30. The second-order valence-corrected chi connectivity index (χ2v) is 10.6. The minimum Gasteiger partial charge on any atom is -0.505 e. The van der Waals surface area contributed by atoms with E-state index in [1.54, 1.807) is 6.07 Å². The number of carbonyl (C=O) groups excluding carboxylic acids is 2. The van der Waals surface area contributed by atoms with Crippen LogP contribution in [0.2, 0.25) is 0 Å². The van der Waals surface area contributed by atoms with E-state index in [4.69, 9.17) is 0 Å². The summed E-state index contributed by atoms with van der Waals surface area (Å²) in [5.74, 6) is -2.98. The molecule has 4 rings (SSSR count). The molecule has 36 heavy (non-hydrogen) atoms. The fraction of sp³-hybridized carbons (Fsp3) is 0.586. The molecule has 3 aliphatic rings. The quantitative estimate of drug-likeness (QED) is 0.355. The summed E-state index contributed by atoms with van der Waals surface area (Å²) < 4.78 is 13.7. The maximum Gasteiger partial charge on any atom is 0.234 e. The molecule has 3 N–H and O–H groups in total. The second kappa shape index (κ2) is 11.3. The SMILES string of the molecule is CCC1=C([C@H](O)CC/C(C)=C/c2ccc(O)c(F)c2)[C@H](CO)[C@@H]2C(=O)N(C3CCCCC3)C(=O)[C@@H]2C1. The van der Waals surface area contributed by atoms with E-state index in [1.807, 2.05) is 19.9 Å². The largest absolute Gasteiger partial charge is 0.505 e. The maximum atomic E-state index is 13.7. The Morgan fingerprint density at radius 3 is 2.56 bits per heavy atom. The molecule has 0 aromatic heterocycles. The zero-order chi connectivity index (χ0) is 26.0. The van der Waals surface area contributed by atoms with Crippen LogP contribution in [-0.4, -0.2) is 50.8 Å². The molecule has 7 heteroatoms. The van der Waals surface area contributed by atoms with Crippen molar-refractivity contribution in [1.82, 2.24) is 4.90 Å². The number of aliphatic hydroxyl groups excluding tert-OH is 2. The Balaban J connectivity index is 1.52. The van der Waals surface area contributed by atoms with Gasteiger partial charge in [-0.15, -0.1) is 0 Å². The number of aliphatic hydroxyl groups is 2. The molecule has 1 aromatic carbocycles. The molecule has 0 bridgehead atoms. The number of phenolic OH excluding ortho intramolecular Hbond substituents is 1. The Bertz CT molecular complexity index is 1060. The molecule has 0 unspecified atom stereocenters. The van der Waals surface area contributed by atoms with Crippen LogP contribution < -0.4 is 0 Å². The first-order valence-corrected chi connectivity index (χ1v) is 13.3. The van der Waals surface area contributed by atoms with Gasteiger partial charge in [0.05, 0.1) is 24.5 Å². The number of fused-ring (bicyclic) bond motifs is 1. The summed E-state index contributed by atoms with van der Waals surface area (Å²) in [6.45, 7) is 3.60. The van der Waals surface area contributed by atoms with Gasteiger partial charge in [0.2, 0.25) is 11.8 Å². The van der Waals surface area contributed by atoms with Crippen LogP contribution in [0.25, 0.3) is 6.08 Å². The number of imide groups is 1. The third-order valence-corrected chi connectivity index (χ3v) is 8.34. The number of hydrogen-bond acceptors (Lipinski definition) is 5. The van der Waals surface area contributed by atoms with Crippen molar-refractivity contribution in [3.05, 3.63) is 46.3 Å². The zero-order valence-electron chi connectivity index (χ0n) is 21.3. The van der Waals surface area contributed by atoms with E-state index in [1.165, 1.54) is 17.0 Å². The third kappa shape index (κ3) is 5.14. The van der Waals surface area contributed by atoms with Crippen molar-refractivity contribution < 1.29 is 29.3 Å². The standard InChI is InChI=1S/C29H38FNO5/c1-3-19-15-21-27(29(36)31(28(21)35)20-7-5-4-6-8-20)22(16-32)26(19)25(34)11-9-17(2)13-18-10-12-24(33)23(30)14-18/h10,12-14,20-22,25,27,32-34H,3-9,11,15-16H2,1-2H3/b17-13+/t21-,22+,25-,27-/m1/s1. The molecule has 2 fully saturated rings. The van der Waals surface area contributed by atoms with Crippen molar-refractivity contribution in [3.8, 4) is 5.75 Å². The summed E-state index contributed by atoms with van der Waals surface area (Å²) in [5.41, 5.74) is 3.24. The van der Waals surface area contributed by atoms with Gasteiger partial charge in [-0.2, -0.15) is 0 Å². The summed E-state index contributed by atoms with van der Waals surface area (Å²) >= 11 is 0. The van der Waals surface area contributed by atoms with Gasteiger partial charge in [-0.05, 0) is 68.7 Å². The Labute approximate surface area is 212 Å². The number of benzene rings is 1. The van der Waals surface area contributed by atoms with Crippen molar-refractivity contribution in [2.24, 2.45) is 17.8 Å². The normalized spacial score (nSPS) is 26.5. The maximum absolute atomic E-state index is 13.7. The number of likely N-dealkylation sites (tertiary alicyclic amines) is 1. The van der Waals surface area contributed by atoms with Crippen LogP contribution in [0.1, 0.15) is 77.2 Å². The van der Waals surface area contributed by atoms with Crippen LogP contribution in [0.4, 0.5) is 4.39 Å². The summed E-state index contributed by atoms with van der Waals surface area (Å²) in [7, 11) is 0. The number of aromatic hydroxyl groups is 1. The van der Waals surface area contributed by atoms with Crippen molar-refractivity contribution in [3.63, 3.8) is 0 Å². The monoisotopic (exact) mass is 499 g/mol. The van der Waals surface area contributed by atoms with Gasteiger partial charge in [0.1, 0.15) is 0 Å². The molecule has 1 aliphatic heterocycles. The molecule has 1 saturated carbocycles. The lowest BCUT2D eigenvalue weighted by atomic mass is 9.67. The molecule has 1 heterocycles. The Morgan fingerprint density at radius 2 is 1.92 bits per heavy atom. The van der Waals surface area contributed by atoms with Gasteiger partial charge in [0, 0.05) is 12.0 Å². The number of carbonyl (C=O) groups is 2. The highest BCUT2D eigenvalue weighted by Crippen LogP contribution is 2.48. The van der Waals surface area contributed by atoms with E-state index in [-0.39, 0.29) is 24.5 Å². The van der Waals surface area contributed by atoms with Gasteiger partial charge in [-0.1, -0.05) is 49.5 Å². The predicted molar refractivity (Wildman–Crippen MR) is 135 cm³/mol. The van der Waals surface area contributed by atoms with E-state index < -0.39 is 35.4 Å². The van der Waals surface area contributed by atoms with Gasteiger partial charge in [-0.3, -0.25) is 14.5 Å². The molecule has 1 saturated heterocycles. The van der Waals surface area contributed by atoms with Gasteiger partial charge in [-0.25, -0.2) is 4.39 Å². The molecular formula is C29H38FNO5. The fourth-order valence-corrected chi connectivity index (χ4v) is 6.51. The summed E-state index contributed by atoms with van der Waals surface area (Å²) in [5, 5.41) is 31.0. The van der Waals surface area contributed by atoms with Gasteiger partial charge >= 0.3 is 0 Å². The average molecular weight is 500 g/mol. The Morgan fingerprint density at radius 1 is 1.19 bits per heavy atom. The van der Waals surface area contributed by atoms with Gasteiger partial charge in [0.25, 0.3) is 0 Å². The number of rotatable bonds is 8. The lowest BCUT2D eigenvalue weighted by Crippen LogP contribution is -2.42. The molecule has 4 atom stereocenters. The molecule has 1 aromatic rings. The third-order valence-electron chi connectivity index (χ3n) is 8.34. The van der Waals surface area contributed by atoms with Crippen LogP contribution in [-0.2, 0) is 9.59 Å². The van der Waals surface area contributed by atoms with Crippen molar-refractivity contribution in [1.29, 1.82) is 0 Å². The summed E-state index contributed by atoms with van der Waals surface area (Å²) in [6.07, 6.45) is 7.88. The second-order valence-electron chi connectivity index (χ2n) is 10.6. The van der Waals surface area contributed by atoms with Crippen molar-refractivity contribution >= 4 is 17.9 Å². The van der Waals surface area contributed by atoms with E-state index in [0.29, 0.717) is 31.2 Å². The molecule has 6 nitrogen and oxygen atoms in total. The fourth-order valence-electron chi connectivity index (χ4n) is 6.51. The van der Waals surface area contributed by atoms with Crippen LogP contribution in [0.15, 0.2) is 34.9 Å². The first-order chi connectivity index (χ1) is 17.3. The number of allylic oxidation sites excluding steroid dienone is 2. The van der Waals surface area contributed by atoms with Gasteiger partial charge < -0.3 is 15.3 Å². The minimum absolute atomic E-state index is 0.0420. The van der Waals surface area contributed by atoms with Crippen LogP contribution in [0, 0.1) is 23.6 Å². The first kappa shape index (κ1) is 26.6. The Hall–Kier alpha value is -2.51. The van der Waals surface area contributed by atoms with E-state index in [9.17, 15) is 29.3 Å². The molecule has 0 radical (unpaired) electrons. The molecule has 2 amide bonds. The first-order valence-electron chi connectivity index (χ1n) is 13.3. The molecular weight excluding hydrogens is 461 g/mol. The highest BCUT2D eigenvalue weighted by Gasteiger charge is 2.56. The van der Waals surface area contributed by atoms with E-state index in [2.05, 4.69) is 0 Å². The molecule has 196 valence electrons. The minimum atomic E-state index is -0.843. The number of phenols is 1. The number of nitrogens with zero attached hydrogens (tertiary/aromatic N) is 1. The van der Waals surface area contributed by atoms with E-state index in [0.717, 1.165) is 48.8 Å². The topological polar surface area (TPSA) is 98.1 Å². The molecule has 0 spiro atoms. The van der Waals surface area contributed by atoms with Crippen LogP contribution in [0.3, 0.4) is 0 Å². The van der Waals surface area contributed by atoms with Gasteiger partial charge in [0.15, 0.2) is 11.6 Å². The molecule has 2 aliphatic carbocycles.